The minimum Gasteiger partial charge on any atom is -0.480 e. The molecule has 0 spiro atoms. The first-order valence-corrected chi connectivity index (χ1v) is 4.47. The van der Waals surface area contributed by atoms with Crippen LogP contribution in [0.25, 0.3) is 0 Å². The van der Waals surface area contributed by atoms with Gasteiger partial charge >= 0.3 is 0 Å². The van der Waals surface area contributed by atoms with Crippen molar-refractivity contribution in [1.29, 1.82) is 0 Å². The van der Waals surface area contributed by atoms with E-state index in [1.165, 1.54) is 7.11 Å². The highest BCUT2D eigenvalue weighted by Gasteiger charge is 2.33. The molecule has 2 rings (SSSR count). The smallest absolute Gasteiger partial charge is 0.225 e. The lowest BCUT2D eigenvalue weighted by atomic mass is 10.2. The molecule has 14 heavy (non-hydrogen) atoms. The molecule has 0 aromatic carbocycles. The Balaban J connectivity index is 2.62. The Kier molecular flexibility index (Phi) is 2.17. The maximum absolute atomic E-state index is 11.5. The molecule has 1 aliphatic rings. The number of Topliss-reactive ketones (excluding diaryl/α,β-unsaturated/α-hetero) is 1. The van der Waals surface area contributed by atoms with Crippen LogP contribution in [0.5, 0.6) is 5.88 Å². The lowest BCUT2D eigenvalue weighted by Crippen LogP contribution is -2.14. The number of methoxy groups -OCH3 is 1. The lowest BCUT2D eigenvalue weighted by molar-refractivity contribution is 0.0777. The Morgan fingerprint density at radius 2 is 2.43 bits per heavy atom. The van der Waals surface area contributed by atoms with Crippen molar-refractivity contribution in [2.24, 2.45) is 0 Å². The Bertz CT molecular complexity index is 405. The highest BCUT2D eigenvalue weighted by Crippen LogP contribution is 2.31. The first-order chi connectivity index (χ1) is 6.63. The number of carbonyl (C=O) groups is 1. The van der Waals surface area contributed by atoms with E-state index in [4.69, 9.17) is 16.3 Å². The Labute approximate surface area is 85.5 Å². The Morgan fingerprint density at radius 3 is 3.07 bits per heavy atom. The van der Waals surface area contributed by atoms with Gasteiger partial charge in [-0.25, -0.2) is 4.98 Å². The molecule has 74 valence electrons. The maximum atomic E-state index is 11.5. The number of fused-ring (bicyclic) bond motifs is 1. The standard InChI is InChI=1S/C9H8ClNO3/c1-14-9-7-4(3-6(10)11-9)2-5(12)8(7)13/h3,5,12H,2H2,1H3/t5-/m0/s1. The summed E-state index contributed by atoms with van der Waals surface area (Å²) < 4.78 is 4.93. The minimum atomic E-state index is -0.987. The largest absolute Gasteiger partial charge is 0.480 e. The normalized spacial score (nSPS) is 19.6. The number of aromatic nitrogens is 1. The van der Waals surface area contributed by atoms with Gasteiger partial charge < -0.3 is 9.84 Å². The molecule has 5 heteroatoms. The fourth-order valence-corrected chi connectivity index (χ4v) is 1.79. The predicted molar refractivity (Wildman–Crippen MR) is 49.8 cm³/mol. The lowest BCUT2D eigenvalue weighted by Gasteiger charge is -2.04. The number of aliphatic hydroxyl groups is 1. The number of carbonyl (C=O) groups excluding carboxylic acids is 1. The summed E-state index contributed by atoms with van der Waals surface area (Å²) in [6, 6.07) is 1.58. The zero-order valence-corrected chi connectivity index (χ0v) is 8.21. The second kappa shape index (κ2) is 3.22. The molecule has 0 unspecified atom stereocenters. The molecule has 0 bridgehead atoms. The van der Waals surface area contributed by atoms with Crippen LogP contribution in [0.3, 0.4) is 0 Å². The van der Waals surface area contributed by atoms with E-state index in [-0.39, 0.29) is 23.2 Å². The monoisotopic (exact) mass is 213 g/mol. The summed E-state index contributed by atoms with van der Waals surface area (Å²) in [5.41, 5.74) is 1.05. The molecule has 0 amide bonds. The van der Waals surface area contributed by atoms with E-state index in [9.17, 15) is 9.90 Å². The second-order valence-corrected chi connectivity index (χ2v) is 3.46. The molecular formula is C9H8ClNO3. The van der Waals surface area contributed by atoms with E-state index in [2.05, 4.69) is 4.98 Å². The highest BCUT2D eigenvalue weighted by molar-refractivity contribution is 6.29. The number of ether oxygens (including phenoxy) is 1. The van der Waals surface area contributed by atoms with E-state index < -0.39 is 6.10 Å². The number of hydrogen-bond donors (Lipinski definition) is 1. The van der Waals surface area contributed by atoms with Crippen molar-refractivity contribution in [2.45, 2.75) is 12.5 Å². The number of ketones is 1. The Hall–Kier alpha value is -1.13. The van der Waals surface area contributed by atoms with Gasteiger partial charge in [-0.1, -0.05) is 11.6 Å². The van der Waals surface area contributed by atoms with Crippen LogP contribution in [-0.4, -0.2) is 29.1 Å². The van der Waals surface area contributed by atoms with Crippen LogP contribution in [0.15, 0.2) is 6.07 Å². The van der Waals surface area contributed by atoms with Crippen LogP contribution in [0.1, 0.15) is 15.9 Å². The highest BCUT2D eigenvalue weighted by atomic mass is 35.5. The number of halogens is 1. The van der Waals surface area contributed by atoms with Crippen LogP contribution < -0.4 is 4.74 Å². The predicted octanol–water partition coefficient (Wildman–Crippen LogP) is 0.843. The third kappa shape index (κ3) is 1.27. The third-order valence-corrected chi connectivity index (χ3v) is 2.39. The van der Waals surface area contributed by atoms with Gasteiger partial charge in [0.15, 0.2) is 5.78 Å². The minimum absolute atomic E-state index is 0.189. The average molecular weight is 214 g/mol. The van der Waals surface area contributed by atoms with Gasteiger partial charge in [-0.15, -0.1) is 0 Å². The van der Waals surface area contributed by atoms with Crippen molar-refractivity contribution in [3.05, 3.63) is 22.3 Å². The SMILES string of the molecule is COc1nc(Cl)cc2c1C(=O)[C@@H](O)C2. The first kappa shape index (κ1) is 9.43. The first-order valence-electron chi connectivity index (χ1n) is 4.09. The fourth-order valence-electron chi connectivity index (χ4n) is 1.58. The van der Waals surface area contributed by atoms with Gasteiger partial charge in [0.2, 0.25) is 5.88 Å². The summed E-state index contributed by atoms with van der Waals surface area (Å²) in [4.78, 5) is 15.3. The van der Waals surface area contributed by atoms with Crippen molar-refractivity contribution < 1.29 is 14.6 Å². The van der Waals surface area contributed by atoms with E-state index in [0.29, 0.717) is 11.1 Å². The number of pyridine rings is 1. The number of nitrogens with zero attached hydrogens (tertiary/aromatic N) is 1. The van der Waals surface area contributed by atoms with Crippen molar-refractivity contribution in [2.75, 3.05) is 7.11 Å². The Morgan fingerprint density at radius 1 is 1.71 bits per heavy atom. The zero-order chi connectivity index (χ0) is 10.3. The fraction of sp³-hybridized carbons (Fsp3) is 0.333. The molecular weight excluding hydrogens is 206 g/mol. The zero-order valence-electron chi connectivity index (χ0n) is 7.45. The average Bonchev–Trinajstić information content (AvgIpc) is 2.41. The number of rotatable bonds is 1. The van der Waals surface area contributed by atoms with Crippen LogP contribution >= 0.6 is 11.6 Å². The van der Waals surface area contributed by atoms with Crippen molar-refractivity contribution in [1.82, 2.24) is 4.98 Å². The molecule has 0 saturated heterocycles. The topological polar surface area (TPSA) is 59.4 Å². The van der Waals surface area contributed by atoms with Gasteiger partial charge in [0.25, 0.3) is 0 Å². The summed E-state index contributed by atoms with van der Waals surface area (Å²) in [7, 11) is 1.41. The van der Waals surface area contributed by atoms with Gasteiger partial charge in [0.1, 0.15) is 11.3 Å². The van der Waals surface area contributed by atoms with Crippen molar-refractivity contribution in [3.63, 3.8) is 0 Å². The summed E-state index contributed by atoms with van der Waals surface area (Å²) in [6.07, 6.45) is -0.702. The summed E-state index contributed by atoms with van der Waals surface area (Å²) in [6.45, 7) is 0. The van der Waals surface area contributed by atoms with Gasteiger partial charge in [0.05, 0.1) is 12.7 Å². The van der Waals surface area contributed by atoms with Crippen LogP contribution in [0.4, 0.5) is 0 Å². The van der Waals surface area contributed by atoms with Crippen molar-refractivity contribution in [3.8, 4) is 5.88 Å². The summed E-state index contributed by atoms with van der Waals surface area (Å²) in [5.74, 6) is -0.157. The van der Waals surface area contributed by atoms with Crippen LogP contribution in [0.2, 0.25) is 5.15 Å². The quantitative estimate of drug-likeness (QED) is 0.703. The van der Waals surface area contributed by atoms with E-state index in [1.54, 1.807) is 6.07 Å². The molecule has 1 atom stereocenters. The molecule has 0 fully saturated rings. The molecule has 0 aliphatic heterocycles. The molecule has 1 aromatic heterocycles. The summed E-state index contributed by atoms with van der Waals surface area (Å²) >= 11 is 5.72. The number of hydrogen-bond acceptors (Lipinski definition) is 4. The second-order valence-electron chi connectivity index (χ2n) is 3.07. The van der Waals surface area contributed by atoms with E-state index >= 15 is 0 Å². The molecule has 0 saturated carbocycles. The molecule has 1 heterocycles. The van der Waals surface area contributed by atoms with Crippen LogP contribution in [-0.2, 0) is 6.42 Å². The van der Waals surface area contributed by atoms with E-state index in [0.717, 1.165) is 0 Å². The molecule has 4 nitrogen and oxygen atoms in total. The van der Waals surface area contributed by atoms with Gasteiger partial charge in [-0.3, -0.25) is 4.79 Å². The molecule has 0 radical (unpaired) electrons. The van der Waals surface area contributed by atoms with E-state index in [1.807, 2.05) is 0 Å². The van der Waals surface area contributed by atoms with Gasteiger partial charge in [-0.2, -0.15) is 0 Å². The molecule has 1 aliphatic carbocycles. The maximum Gasteiger partial charge on any atom is 0.225 e. The summed E-state index contributed by atoms with van der Waals surface area (Å²) in [5, 5.41) is 9.62. The molecule has 1 aromatic rings. The molecule has 1 N–H and O–H groups in total. The van der Waals surface area contributed by atoms with Crippen molar-refractivity contribution >= 4 is 17.4 Å². The van der Waals surface area contributed by atoms with Crippen LogP contribution in [0, 0.1) is 0 Å². The van der Waals surface area contributed by atoms with Gasteiger partial charge in [-0.05, 0) is 11.6 Å². The third-order valence-electron chi connectivity index (χ3n) is 2.19. The number of aliphatic hydroxyl groups excluding tert-OH is 1. The van der Waals surface area contributed by atoms with Gasteiger partial charge in [0, 0.05) is 6.42 Å².